The van der Waals surface area contributed by atoms with Crippen molar-refractivity contribution in [3.05, 3.63) is 35.8 Å². The Labute approximate surface area is 122 Å². The van der Waals surface area contributed by atoms with Crippen LogP contribution in [0.25, 0.3) is 11.0 Å². The van der Waals surface area contributed by atoms with E-state index < -0.39 is 10.0 Å². The van der Waals surface area contributed by atoms with Crippen LogP contribution in [0.3, 0.4) is 0 Å². The summed E-state index contributed by atoms with van der Waals surface area (Å²) in [5, 5.41) is 0.745. The Morgan fingerprint density at radius 2 is 2.24 bits per heavy atom. The largest absolute Gasteiger partial charge is 0.460 e. The van der Waals surface area contributed by atoms with Crippen molar-refractivity contribution in [2.24, 2.45) is 0 Å². The molecule has 1 fully saturated rings. The molecule has 7 heteroatoms. The van der Waals surface area contributed by atoms with Gasteiger partial charge in [0.25, 0.3) is 0 Å². The number of halogens is 1. The zero-order valence-electron chi connectivity index (χ0n) is 11.7. The van der Waals surface area contributed by atoms with E-state index in [4.69, 9.17) is 4.42 Å². The molecular weight excluding hydrogens is 295 g/mol. The molecule has 0 bridgehead atoms. The van der Waals surface area contributed by atoms with Crippen LogP contribution >= 0.6 is 0 Å². The third-order valence-corrected chi connectivity index (χ3v) is 4.32. The van der Waals surface area contributed by atoms with E-state index in [0.717, 1.165) is 24.1 Å². The highest BCUT2D eigenvalue weighted by atomic mass is 32.2. The van der Waals surface area contributed by atoms with E-state index >= 15 is 0 Å². The SMILES string of the molecule is CS(=O)(=O)NC1CCN(Cc2cc3cc(F)ccc3o2)C1. The Balaban J connectivity index is 1.66. The average molecular weight is 312 g/mol. The molecule has 2 heterocycles. The van der Waals surface area contributed by atoms with E-state index in [1.807, 2.05) is 6.07 Å². The number of furan rings is 1. The van der Waals surface area contributed by atoms with E-state index in [-0.39, 0.29) is 11.9 Å². The highest BCUT2D eigenvalue weighted by molar-refractivity contribution is 7.88. The van der Waals surface area contributed by atoms with Crippen LogP contribution in [0.1, 0.15) is 12.2 Å². The van der Waals surface area contributed by atoms with Crippen molar-refractivity contribution in [1.82, 2.24) is 9.62 Å². The van der Waals surface area contributed by atoms with Gasteiger partial charge in [0.2, 0.25) is 10.0 Å². The number of hydrogen-bond donors (Lipinski definition) is 1. The van der Waals surface area contributed by atoms with Crippen LogP contribution in [-0.4, -0.2) is 38.7 Å². The average Bonchev–Trinajstić information content (AvgIpc) is 2.93. The normalized spacial score (nSPS) is 20.4. The van der Waals surface area contributed by atoms with Crippen LogP contribution in [0.5, 0.6) is 0 Å². The van der Waals surface area contributed by atoms with Gasteiger partial charge in [-0.15, -0.1) is 0 Å². The van der Waals surface area contributed by atoms with Gasteiger partial charge in [-0.3, -0.25) is 4.90 Å². The highest BCUT2D eigenvalue weighted by Gasteiger charge is 2.25. The molecule has 0 spiro atoms. The lowest BCUT2D eigenvalue weighted by Gasteiger charge is -2.14. The van der Waals surface area contributed by atoms with Gasteiger partial charge in [-0.2, -0.15) is 0 Å². The van der Waals surface area contributed by atoms with Gasteiger partial charge < -0.3 is 4.42 Å². The Morgan fingerprint density at radius 3 is 3.00 bits per heavy atom. The third-order valence-electron chi connectivity index (χ3n) is 3.56. The first-order valence-corrected chi connectivity index (χ1v) is 8.66. The van der Waals surface area contributed by atoms with Gasteiger partial charge in [-0.25, -0.2) is 17.5 Å². The number of benzene rings is 1. The second-order valence-corrected chi connectivity index (χ2v) is 7.29. The van der Waals surface area contributed by atoms with Crippen molar-refractivity contribution in [2.75, 3.05) is 19.3 Å². The maximum Gasteiger partial charge on any atom is 0.208 e. The van der Waals surface area contributed by atoms with Crippen molar-refractivity contribution < 1.29 is 17.2 Å². The molecule has 1 saturated heterocycles. The first-order chi connectivity index (χ1) is 9.89. The first kappa shape index (κ1) is 14.5. The van der Waals surface area contributed by atoms with Gasteiger partial charge in [-0.05, 0) is 30.7 Å². The van der Waals surface area contributed by atoms with Crippen LogP contribution in [0.4, 0.5) is 4.39 Å². The van der Waals surface area contributed by atoms with Crippen molar-refractivity contribution >= 4 is 21.0 Å². The second kappa shape index (κ2) is 5.40. The minimum Gasteiger partial charge on any atom is -0.460 e. The van der Waals surface area contributed by atoms with Crippen molar-refractivity contribution in [2.45, 2.75) is 19.0 Å². The molecule has 114 valence electrons. The minimum absolute atomic E-state index is 0.0539. The van der Waals surface area contributed by atoms with Gasteiger partial charge in [0.1, 0.15) is 17.2 Å². The summed E-state index contributed by atoms with van der Waals surface area (Å²) < 4.78 is 43.9. The Bertz CT molecular complexity index is 757. The number of nitrogens with one attached hydrogen (secondary N) is 1. The summed E-state index contributed by atoms with van der Waals surface area (Å²) in [5.74, 6) is 0.476. The molecule has 1 aromatic heterocycles. The zero-order chi connectivity index (χ0) is 15.0. The standard InChI is InChI=1S/C14H17FN2O3S/c1-21(18,19)16-12-4-5-17(8-12)9-13-7-10-6-11(15)2-3-14(10)20-13/h2-3,6-7,12,16H,4-5,8-9H2,1H3. The maximum absolute atomic E-state index is 13.1. The fourth-order valence-electron chi connectivity index (χ4n) is 2.74. The fourth-order valence-corrected chi connectivity index (χ4v) is 3.54. The smallest absolute Gasteiger partial charge is 0.208 e. The van der Waals surface area contributed by atoms with E-state index in [0.29, 0.717) is 18.7 Å². The zero-order valence-corrected chi connectivity index (χ0v) is 12.5. The van der Waals surface area contributed by atoms with Crippen molar-refractivity contribution in [3.8, 4) is 0 Å². The lowest BCUT2D eigenvalue weighted by molar-refractivity contribution is 0.297. The molecule has 1 atom stereocenters. The second-order valence-electron chi connectivity index (χ2n) is 5.51. The van der Waals surface area contributed by atoms with Gasteiger partial charge in [0.05, 0.1) is 12.8 Å². The molecule has 1 aliphatic rings. The highest BCUT2D eigenvalue weighted by Crippen LogP contribution is 2.22. The Morgan fingerprint density at radius 1 is 1.43 bits per heavy atom. The van der Waals surface area contributed by atoms with Crippen molar-refractivity contribution in [1.29, 1.82) is 0 Å². The van der Waals surface area contributed by atoms with Gasteiger partial charge in [0, 0.05) is 24.5 Å². The lowest BCUT2D eigenvalue weighted by atomic mass is 10.2. The summed E-state index contributed by atoms with van der Waals surface area (Å²) in [7, 11) is -3.17. The molecule has 0 amide bonds. The fraction of sp³-hybridized carbons (Fsp3) is 0.429. The van der Waals surface area contributed by atoms with E-state index in [1.54, 1.807) is 6.07 Å². The summed E-state index contributed by atoms with van der Waals surface area (Å²) in [5.41, 5.74) is 0.663. The number of hydrogen-bond acceptors (Lipinski definition) is 4. The molecule has 21 heavy (non-hydrogen) atoms. The molecule has 0 saturated carbocycles. The summed E-state index contributed by atoms with van der Waals surface area (Å²) in [6.07, 6.45) is 1.95. The first-order valence-electron chi connectivity index (χ1n) is 6.77. The van der Waals surface area contributed by atoms with Crippen molar-refractivity contribution in [3.63, 3.8) is 0 Å². The van der Waals surface area contributed by atoms with Crippen LogP contribution in [0, 0.1) is 5.82 Å². The monoisotopic (exact) mass is 312 g/mol. The van der Waals surface area contributed by atoms with E-state index in [1.165, 1.54) is 18.4 Å². The topological polar surface area (TPSA) is 62.6 Å². The number of sulfonamides is 1. The molecule has 1 N–H and O–H groups in total. The number of nitrogens with zero attached hydrogens (tertiary/aromatic N) is 1. The molecule has 0 aliphatic carbocycles. The quantitative estimate of drug-likeness (QED) is 0.933. The molecule has 1 unspecified atom stereocenters. The Hall–Kier alpha value is -1.44. The Kier molecular flexibility index (Phi) is 3.73. The maximum atomic E-state index is 13.1. The molecule has 3 rings (SSSR count). The minimum atomic E-state index is -3.17. The summed E-state index contributed by atoms with van der Waals surface area (Å²) in [6.45, 7) is 2.05. The molecule has 2 aromatic rings. The predicted molar refractivity (Wildman–Crippen MR) is 77.8 cm³/mol. The van der Waals surface area contributed by atoms with Gasteiger partial charge in [-0.1, -0.05) is 0 Å². The number of likely N-dealkylation sites (tertiary alicyclic amines) is 1. The van der Waals surface area contributed by atoms with Gasteiger partial charge in [0.15, 0.2) is 0 Å². The summed E-state index contributed by atoms with van der Waals surface area (Å²) in [4.78, 5) is 2.12. The molecule has 1 aliphatic heterocycles. The number of rotatable bonds is 4. The van der Waals surface area contributed by atoms with Crippen LogP contribution < -0.4 is 4.72 Å². The summed E-state index contributed by atoms with van der Waals surface area (Å²) >= 11 is 0. The van der Waals surface area contributed by atoms with Gasteiger partial charge >= 0.3 is 0 Å². The number of fused-ring (bicyclic) bond motifs is 1. The van der Waals surface area contributed by atoms with Crippen LogP contribution in [-0.2, 0) is 16.6 Å². The molecule has 5 nitrogen and oxygen atoms in total. The molecular formula is C14H17FN2O3S. The lowest BCUT2D eigenvalue weighted by Crippen LogP contribution is -2.36. The predicted octanol–water partition coefficient (Wildman–Crippen LogP) is 1.70. The third kappa shape index (κ3) is 3.61. The van der Waals surface area contributed by atoms with Crippen LogP contribution in [0.2, 0.25) is 0 Å². The molecule has 1 aromatic carbocycles. The van der Waals surface area contributed by atoms with Crippen LogP contribution in [0.15, 0.2) is 28.7 Å². The summed E-state index contributed by atoms with van der Waals surface area (Å²) in [6, 6.07) is 6.21. The van der Waals surface area contributed by atoms with E-state index in [9.17, 15) is 12.8 Å². The van der Waals surface area contributed by atoms with E-state index in [2.05, 4.69) is 9.62 Å². The molecule has 0 radical (unpaired) electrons.